The summed E-state index contributed by atoms with van der Waals surface area (Å²) < 4.78 is 6.20. The van der Waals surface area contributed by atoms with Crippen molar-refractivity contribution in [3.05, 3.63) is 29.3 Å². The van der Waals surface area contributed by atoms with Crippen LogP contribution in [0.1, 0.15) is 81.6 Å². The molecule has 8 nitrogen and oxygen atoms in total. The third-order valence-corrected chi connectivity index (χ3v) is 7.79. The maximum Gasteiger partial charge on any atom is 0.251 e. The number of nitrogens with one attached hydrogen (secondary N) is 2. The summed E-state index contributed by atoms with van der Waals surface area (Å²) in [6.45, 7) is 6.52. The topological polar surface area (TPSA) is 114 Å². The van der Waals surface area contributed by atoms with E-state index in [2.05, 4.69) is 15.8 Å². The van der Waals surface area contributed by atoms with Crippen molar-refractivity contribution in [2.75, 3.05) is 18.8 Å². The van der Waals surface area contributed by atoms with Crippen LogP contribution >= 0.6 is 11.2 Å². The lowest BCUT2D eigenvalue weighted by atomic mass is 10.1. The van der Waals surface area contributed by atoms with Crippen molar-refractivity contribution in [2.24, 2.45) is 0 Å². The first kappa shape index (κ1) is 28.0. The van der Waals surface area contributed by atoms with E-state index in [1.165, 1.54) is 24.0 Å². The van der Waals surface area contributed by atoms with Gasteiger partial charge in [-0.25, -0.2) is 0 Å². The van der Waals surface area contributed by atoms with Crippen LogP contribution in [0.3, 0.4) is 0 Å². The third-order valence-electron chi connectivity index (χ3n) is 6.79. The summed E-state index contributed by atoms with van der Waals surface area (Å²) in [6, 6.07) is 3.82. The van der Waals surface area contributed by atoms with E-state index in [0.29, 0.717) is 37.2 Å². The highest BCUT2D eigenvalue weighted by molar-refractivity contribution is 7.89. The Balaban J connectivity index is 1.57. The fraction of sp³-hybridized carbons (Fsp3) is 0.630. The van der Waals surface area contributed by atoms with Gasteiger partial charge in [0.2, 0.25) is 11.8 Å². The molecule has 0 aromatic heterocycles. The zero-order chi connectivity index (χ0) is 26.1. The number of carbonyl (C=O) groups excluding carboxylic acids is 3. The molecule has 1 aliphatic carbocycles. The normalized spacial score (nSPS) is 19.4. The van der Waals surface area contributed by atoms with E-state index in [1.807, 2.05) is 13.8 Å². The summed E-state index contributed by atoms with van der Waals surface area (Å²) in [5.41, 5.74) is 7.75. The Morgan fingerprint density at radius 2 is 1.94 bits per heavy atom. The number of nitrogen functional groups attached to an aromatic ring is 1. The van der Waals surface area contributed by atoms with Gasteiger partial charge in [0.1, 0.15) is 17.5 Å². The lowest BCUT2D eigenvalue weighted by molar-refractivity contribution is -0.139. The molecule has 1 saturated carbocycles. The Bertz CT molecular complexity index is 999. The van der Waals surface area contributed by atoms with E-state index in [4.69, 9.17) is 10.5 Å². The summed E-state index contributed by atoms with van der Waals surface area (Å²) in [4.78, 5) is 40.6. The van der Waals surface area contributed by atoms with E-state index in [0.717, 1.165) is 31.2 Å². The fourth-order valence-electron chi connectivity index (χ4n) is 4.78. The van der Waals surface area contributed by atoms with Gasteiger partial charge in [0.25, 0.3) is 5.91 Å². The van der Waals surface area contributed by atoms with Crippen LogP contribution in [0.4, 0.5) is 5.69 Å². The number of anilines is 1. The molecule has 1 aromatic rings. The first-order chi connectivity index (χ1) is 17.3. The predicted molar refractivity (Wildman–Crippen MR) is 144 cm³/mol. The SMILES string of the molecule is CCC#SC(CNC(=O)C1CCCN1C(=O)C(C)NC(=O)c1ccc(N)c(CC)c1)OC1CCCC1. The van der Waals surface area contributed by atoms with Gasteiger partial charge >= 0.3 is 0 Å². The second-order valence-corrected chi connectivity index (χ2v) is 10.5. The molecule has 4 N–H and O–H groups in total. The largest absolute Gasteiger partial charge is 0.399 e. The Hall–Kier alpha value is -2.61. The van der Waals surface area contributed by atoms with Gasteiger partial charge in [0.05, 0.1) is 12.6 Å². The van der Waals surface area contributed by atoms with E-state index >= 15 is 0 Å². The number of carbonyl (C=O) groups is 3. The lowest BCUT2D eigenvalue weighted by Gasteiger charge is -2.27. The van der Waals surface area contributed by atoms with Gasteiger partial charge in [-0.2, -0.15) is 0 Å². The summed E-state index contributed by atoms with van der Waals surface area (Å²) in [5.74, 6) is -0.770. The van der Waals surface area contributed by atoms with Crippen LogP contribution in [0.15, 0.2) is 18.2 Å². The molecule has 1 aromatic carbocycles. The number of likely N-dealkylation sites (tertiary alicyclic amines) is 1. The molecule has 2 fully saturated rings. The number of benzene rings is 1. The number of nitrogens with two attached hydrogens (primary N) is 1. The minimum absolute atomic E-state index is 0.178. The van der Waals surface area contributed by atoms with Gasteiger partial charge in [-0.1, -0.05) is 31.9 Å². The van der Waals surface area contributed by atoms with E-state index in [-0.39, 0.29) is 29.3 Å². The van der Waals surface area contributed by atoms with Crippen molar-refractivity contribution in [1.82, 2.24) is 15.5 Å². The molecule has 0 bridgehead atoms. The highest BCUT2D eigenvalue weighted by Gasteiger charge is 2.36. The van der Waals surface area contributed by atoms with E-state index < -0.39 is 12.1 Å². The van der Waals surface area contributed by atoms with Gasteiger partial charge in [-0.05, 0) is 62.8 Å². The Kier molecular flexibility index (Phi) is 10.6. The second kappa shape index (κ2) is 13.6. The fourth-order valence-corrected chi connectivity index (χ4v) is 5.51. The Labute approximate surface area is 218 Å². The molecular formula is C27H40N4O4S. The first-order valence-corrected chi connectivity index (χ1v) is 14.0. The van der Waals surface area contributed by atoms with Crippen LogP contribution in [-0.4, -0.2) is 59.3 Å². The smallest absolute Gasteiger partial charge is 0.251 e. The van der Waals surface area contributed by atoms with Gasteiger partial charge in [-0.3, -0.25) is 14.4 Å². The summed E-state index contributed by atoms with van der Waals surface area (Å²) >= 11 is 1.49. The molecule has 36 heavy (non-hydrogen) atoms. The van der Waals surface area contributed by atoms with Crippen LogP contribution in [0.5, 0.6) is 0 Å². The molecule has 3 rings (SSSR count). The molecule has 1 saturated heterocycles. The number of hydrogen-bond donors (Lipinski definition) is 3. The van der Waals surface area contributed by atoms with Gasteiger partial charge in [-0.15, -0.1) is 11.2 Å². The molecule has 1 aliphatic heterocycles. The molecule has 198 valence electrons. The minimum atomic E-state index is -0.753. The predicted octanol–water partition coefficient (Wildman–Crippen LogP) is 3.44. The molecule has 3 atom stereocenters. The zero-order valence-electron chi connectivity index (χ0n) is 21.7. The molecule has 9 heteroatoms. The van der Waals surface area contributed by atoms with Crippen molar-refractivity contribution in [2.45, 2.75) is 95.8 Å². The van der Waals surface area contributed by atoms with Crippen LogP contribution in [-0.2, 0) is 20.7 Å². The number of nitrogens with zero attached hydrogens (tertiary/aromatic N) is 1. The number of rotatable bonds is 9. The summed E-state index contributed by atoms with van der Waals surface area (Å²) in [5, 5.41) is 9.01. The van der Waals surface area contributed by atoms with Gasteiger partial charge in [0.15, 0.2) is 0 Å². The van der Waals surface area contributed by atoms with Gasteiger partial charge in [0, 0.05) is 24.2 Å². The quantitative estimate of drug-likeness (QED) is 0.344. The average molecular weight is 517 g/mol. The molecular weight excluding hydrogens is 476 g/mol. The summed E-state index contributed by atoms with van der Waals surface area (Å²) in [6.07, 6.45) is 7.58. The maximum absolute atomic E-state index is 13.2. The zero-order valence-corrected chi connectivity index (χ0v) is 22.5. The lowest BCUT2D eigenvalue weighted by Crippen LogP contribution is -2.53. The monoisotopic (exact) mass is 516 g/mol. The molecule has 3 amide bonds. The van der Waals surface area contributed by atoms with E-state index in [9.17, 15) is 14.4 Å². The Morgan fingerprint density at radius 3 is 2.64 bits per heavy atom. The first-order valence-electron chi connectivity index (χ1n) is 13.1. The maximum atomic E-state index is 13.2. The standard InChI is InChI=1S/C27H40N4O4S/c1-4-15-36-24(35-21-9-6-7-10-21)17-29-26(33)23-11-8-14-31(23)27(34)18(3)30-25(32)20-12-13-22(28)19(5-2)16-20/h12-13,16,18,21,23-24H,4-11,14,17,28H2,1-3H3,(H,29,33)(H,30,32). The highest BCUT2D eigenvalue weighted by atomic mass is 32.1. The molecule has 0 spiro atoms. The number of hydrogen-bond acceptors (Lipinski definition) is 5. The van der Waals surface area contributed by atoms with Crippen molar-refractivity contribution in [1.29, 1.82) is 0 Å². The van der Waals surface area contributed by atoms with Crippen LogP contribution < -0.4 is 16.4 Å². The molecule has 2 aliphatic rings. The number of amides is 3. The Morgan fingerprint density at radius 1 is 1.19 bits per heavy atom. The number of ether oxygens (including phenoxy) is 1. The second-order valence-electron chi connectivity index (χ2n) is 9.48. The van der Waals surface area contributed by atoms with Crippen molar-refractivity contribution in [3.8, 4) is 5.18 Å². The molecule has 3 unspecified atom stereocenters. The van der Waals surface area contributed by atoms with E-state index in [1.54, 1.807) is 30.0 Å². The molecule has 0 radical (unpaired) electrons. The average Bonchev–Trinajstić information content (AvgIpc) is 3.57. The van der Waals surface area contributed by atoms with Crippen molar-refractivity contribution in [3.63, 3.8) is 0 Å². The third kappa shape index (κ3) is 7.45. The van der Waals surface area contributed by atoms with Crippen LogP contribution in [0.2, 0.25) is 0 Å². The number of aryl methyl sites for hydroxylation is 1. The van der Waals surface area contributed by atoms with Gasteiger partial charge < -0.3 is 26.0 Å². The van der Waals surface area contributed by atoms with Crippen molar-refractivity contribution >= 4 is 34.6 Å². The van der Waals surface area contributed by atoms with Crippen molar-refractivity contribution < 1.29 is 19.1 Å². The minimum Gasteiger partial charge on any atom is -0.399 e. The highest BCUT2D eigenvalue weighted by Crippen LogP contribution is 2.24. The summed E-state index contributed by atoms with van der Waals surface area (Å²) in [7, 11) is 0. The molecule has 1 heterocycles. The van der Waals surface area contributed by atoms with Crippen LogP contribution in [0, 0.1) is 5.18 Å². The van der Waals surface area contributed by atoms with Crippen LogP contribution in [0.25, 0.3) is 0 Å².